The minimum atomic E-state index is -0.862. The molecule has 1 fully saturated rings. The molecule has 0 aliphatic heterocycles. The highest BCUT2D eigenvalue weighted by atomic mass is 127. The van der Waals surface area contributed by atoms with Crippen LogP contribution < -0.4 is 5.32 Å². The molecule has 1 saturated carbocycles. The molecule has 0 bridgehead atoms. The van der Waals surface area contributed by atoms with Gasteiger partial charge in [0, 0.05) is 20.6 Å². The topological polar surface area (TPSA) is 98.5 Å². The number of rotatable bonds is 5. The summed E-state index contributed by atoms with van der Waals surface area (Å²) in [4.78, 5) is 33.1. The van der Waals surface area contributed by atoms with Crippen LogP contribution in [-0.2, 0) is 14.3 Å². The van der Waals surface area contributed by atoms with Gasteiger partial charge in [0.1, 0.15) is 5.92 Å². The van der Waals surface area contributed by atoms with Gasteiger partial charge in [0.05, 0.1) is 0 Å². The molecule has 0 saturated heterocycles. The van der Waals surface area contributed by atoms with E-state index in [1.807, 2.05) is 19.1 Å². The Morgan fingerprint density at radius 2 is 2.24 bits per heavy atom. The summed E-state index contributed by atoms with van der Waals surface area (Å²) in [5.74, 6) is -1.87. The standard InChI is InChI=1S/C13H13IN2O5/c1-7-4-8(14)2-3-10(7)15-12(17)6-21-13(18)9-5-11(9)16(19)20/h2-4,9,11H,5-6H2,1H3,(H,15,17). The van der Waals surface area contributed by atoms with Crippen LogP contribution in [0.5, 0.6) is 0 Å². The molecule has 7 nitrogen and oxygen atoms in total. The lowest BCUT2D eigenvalue weighted by Crippen LogP contribution is -2.23. The number of halogens is 1. The summed E-state index contributed by atoms with van der Waals surface area (Å²) >= 11 is 2.17. The van der Waals surface area contributed by atoms with Crippen molar-refractivity contribution >= 4 is 40.2 Å². The zero-order valence-electron chi connectivity index (χ0n) is 11.2. The molecule has 1 aromatic carbocycles. The van der Waals surface area contributed by atoms with E-state index in [2.05, 4.69) is 27.9 Å². The lowest BCUT2D eigenvalue weighted by atomic mass is 10.2. The van der Waals surface area contributed by atoms with E-state index in [1.54, 1.807) is 6.07 Å². The normalized spacial score (nSPS) is 19.7. The van der Waals surface area contributed by atoms with Crippen LogP contribution in [0.1, 0.15) is 12.0 Å². The Morgan fingerprint density at radius 1 is 1.52 bits per heavy atom. The van der Waals surface area contributed by atoms with Gasteiger partial charge in [-0.25, -0.2) is 0 Å². The van der Waals surface area contributed by atoms with Gasteiger partial charge >= 0.3 is 5.97 Å². The number of nitro groups is 1. The highest BCUT2D eigenvalue weighted by Crippen LogP contribution is 2.34. The summed E-state index contributed by atoms with van der Waals surface area (Å²) < 4.78 is 5.84. The Kier molecular flexibility index (Phi) is 4.76. The van der Waals surface area contributed by atoms with Crippen LogP contribution >= 0.6 is 22.6 Å². The molecule has 1 aliphatic rings. The quantitative estimate of drug-likeness (QED) is 0.349. The number of aryl methyl sites for hydroxylation is 1. The maximum absolute atomic E-state index is 11.7. The molecule has 0 heterocycles. The molecule has 21 heavy (non-hydrogen) atoms. The molecule has 2 rings (SSSR count). The van der Waals surface area contributed by atoms with Crippen molar-refractivity contribution in [2.24, 2.45) is 5.92 Å². The maximum atomic E-state index is 11.7. The van der Waals surface area contributed by atoms with Gasteiger partial charge in [-0.3, -0.25) is 19.7 Å². The lowest BCUT2D eigenvalue weighted by Gasteiger charge is -2.09. The Balaban J connectivity index is 1.80. The third-order valence-corrected chi connectivity index (χ3v) is 3.81. The first kappa shape index (κ1) is 15.7. The van der Waals surface area contributed by atoms with Crippen molar-refractivity contribution in [1.82, 2.24) is 0 Å². The fraction of sp³-hybridized carbons (Fsp3) is 0.385. The van der Waals surface area contributed by atoms with Crippen LogP contribution in [0.4, 0.5) is 5.69 Å². The molecular formula is C13H13IN2O5. The van der Waals surface area contributed by atoms with Gasteiger partial charge in [-0.2, -0.15) is 0 Å². The van der Waals surface area contributed by atoms with Crippen LogP contribution in [0.3, 0.4) is 0 Å². The van der Waals surface area contributed by atoms with Gasteiger partial charge < -0.3 is 10.1 Å². The third kappa shape index (κ3) is 4.13. The zero-order chi connectivity index (χ0) is 15.6. The number of esters is 1. The van der Waals surface area contributed by atoms with Crippen LogP contribution in [0.25, 0.3) is 0 Å². The molecule has 1 aliphatic carbocycles. The summed E-state index contributed by atoms with van der Waals surface area (Å²) in [5, 5.41) is 13.1. The number of benzene rings is 1. The second-order valence-corrected chi connectivity index (χ2v) is 6.06. The average Bonchev–Trinajstić information content (AvgIpc) is 3.20. The predicted molar refractivity (Wildman–Crippen MR) is 82.4 cm³/mol. The Labute approximate surface area is 134 Å². The molecule has 112 valence electrons. The van der Waals surface area contributed by atoms with E-state index in [4.69, 9.17) is 4.74 Å². The van der Waals surface area contributed by atoms with Crippen molar-refractivity contribution in [3.8, 4) is 0 Å². The minimum absolute atomic E-state index is 0.184. The summed E-state index contributed by atoms with van der Waals surface area (Å²) in [7, 11) is 0. The van der Waals surface area contributed by atoms with E-state index >= 15 is 0 Å². The van der Waals surface area contributed by atoms with Gasteiger partial charge in [-0.1, -0.05) is 0 Å². The number of nitrogens with one attached hydrogen (secondary N) is 1. The first-order valence-electron chi connectivity index (χ1n) is 6.24. The molecule has 1 N–H and O–H groups in total. The first-order chi connectivity index (χ1) is 9.88. The van der Waals surface area contributed by atoms with E-state index in [9.17, 15) is 19.7 Å². The number of carbonyl (C=O) groups is 2. The Hall–Kier alpha value is -1.71. The number of ether oxygens (including phenoxy) is 1. The monoisotopic (exact) mass is 404 g/mol. The average molecular weight is 404 g/mol. The molecule has 0 aromatic heterocycles. The summed E-state index contributed by atoms with van der Waals surface area (Å²) in [6, 6.07) is 4.66. The number of anilines is 1. The summed E-state index contributed by atoms with van der Waals surface area (Å²) in [5.41, 5.74) is 1.54. The second-order valence-electron chi connectivity index (χ2n) is 4.81. The maximum Gasteiger partial charge on any atom is 0.316 e. The summed E-state index contributed by atoms with van der Waals surface area (Å²) in [6.45, 7) is 1.42. The molecule has 2 unspecified atom stereocenters. The van der Waals surface area contributed by atoms with E-state index in [1.165, 1.54) is 0 Å². The number of amides is 1. The van der Waals surface area contributed by atoms with Crippen molar-refractivity contribution in [3.63, 3.8) is 0 Å². The number of hydrogen-bond donors (Lipinski definition) is 1. The second kappa shape index (κ2) is 6.37. The lowest BCUT2D eigenvalue weighted by molar-refractivity contribution is -0.497. The molecule has 0 spiro atoms. The molecule has 0 radical (unpaired) electrons. The van der Waals surface area contributed by atoms with Crippen LogP contribution in [0, 0.1) is 26.5 Å². The molecular weight excluding hydrogens is 391 g/mol. The van der Waals surface area contributed by atoms with Crippen LogP contribution in [0.2, 0.25) is 0 Å². The number of carbonyl (C=O) groups excluding carboxylic acids is 2. The number of nitrogens with zero attached hydrogens (tertiary/aromatic N) is 1. The Bertz CT molecular complexity index is 604. The minimum Gasteiger partial charge on any atom is -0.455 e. The van der Waals surface area contributed by atoms with Gasteiger partial charge in [0.25, 0.3) is 5.91 Å². The van der Waals surface area contributed by atoms with E-state index < -0.39 is 35.4 Å². The smallest absolute Gasteiger partial charge is 0.316 e. The van der Waals surface area contributed by atoms with E-state index in [0.717, 1.165) is 9.13 Å². The fourth-order valence-corrected chi connectivity index (χ4v) is 2.51. The SMILES string of the molecule is Cc1cc(I)ccc1NC(=O)COC(=O)C1CC1[N+](=O)[O-]. The van der Waals surface area contributed by atoms with Gasteiger partial charge in [0.2, 0.25) is 6.04 Å². The molecule has 2 atom stereocenters. The molecule has 8 heteroatoms. The number of hydrogen-bond acceptors (Lipinski definition) is 5. The van der Waals surface area contributed by atoms with Gasteiger partial charge in [0.15, 0.2) is 6.61 Å². The highest BCUT2D eigenvalue weighted by molar-refractivity contribution is 14.1. The third-order valence-electron chi connectivity index (χ3n) is 3.14. The fourth-order valence-electron chi connectivity index (χ4n) is 1.87. The zero-order valence-corrected chi connectivity index (χ0v) is 13.3. The molecule has 1 aromatic rings. The first-order valence-corrected chi connectivity index (χ1v) is 7.32. The largest absolute Gasteiger partial charge is 0.455 e. The van der Waals surface area contributed by atoms with Crippen molar-refractivity contribution in [2.45, 2.75) is 19.4 Å². The van der Waals surface area contributed by atoms with Crippen molar-refractivity contribution in [1.29, 1.82) is 0 Å². The van der Waals surface area contributed by atoms with E-state index in [-0.39, 0.29) is 6.42 Å². The Morgan fingerprint density at radius 3 is 2.81 bits per heavy atom. The van der Waals surface area contributed by atoms with Crippen molar-refractivity contribution < 1.29 is 19.2 Å². The van der Waals surface area contributed by atoms with Crippen LogP contribution in [0.15, 0.2) is 18.2 Å². The van der Waals surface area contributed by atoms with E-state index in [0.29, 0.717) is 5.69 Å². The van der Waals surface area contributed by atoms with Crippen molar-refractivity contribution in [3.05, 3.63) is 37.4 Å². The van der Waals surface area contributed by atoms with Crippen molar-refractivity contribution in [2.75, 3.05) is 11.9 Å². The van der Waals surface area contributed by atoms with Gasteiger partial charge in [-0.05, 0) is 53.3 Å². The predicted octanol–water partition coefficient (Wildman–Crippen LogP) is 1.75. The molecule has 1 amide bonds. The summed E-state index contributed by atoms with van der Waals surface area (Å²) in [6.07, 6.45) is 0.184. The van der Waals surface area contributed by atoms with Crippen LogP contribution in [-0.4, -0.2) is 29.4 Å². The van der Waals surface area contributed by atoms with Gasteiger partial charge in [-0.15, -0.1) is 0 Å². The highest BCUT2D eigenvalue weighted by Gasteiger charge is 2.54.